The van der Waals surface area contributed by atoms with Crippen molar-refractivity contribution in [3.63, 3.8) is 0 Å². The van der Waals surface area contributed by atoms with E-state index in [1.807, 2.05) is 4.57 Å². The molecule has 0 unspecified atom stereocenters. The molecule has 0 spiro atoms. The summed E-state index contributed by atoms with van der Waals surface area (Å²) in [6, 6.07) is 3.04. The Balaban J connectivity index is 2.20. The van der Waals surface area contributed by atoms with Crippen molar-refractivity contribution in [1.82, 2.24) is 9.55 Å². The highest BCUT2D eigenvalue weighted by Gasteiger charge is 2.08. The molecule has 2 aromatic rings. The van der Waals surface area contributed by atoms with Crippen LogP contribution in [0.25, 0.3) is 11.0 Å². The van der Waals surface area contributed by atoms with E-state index in [-0.39, 0.29) is 5.02 Å². The first-order valence-electron chi connectivity index (χ1n) is 6.56. The first kappa shape index (κ1) is 14.5. The molecule has 0 aliphatic rings. The molecule has 1 aromatic heterocycles. The zero-order valence-corrected chi connectivity index (χ0v) is 12.7. The summed E-state index contributed by atoms with van der Waals surface area (Å²) < 4.78 is 16.1. The van der Waals surface area contributed by atoms with E-state index in [0.29, 0.717) is 10.7 Å². The van der Waals surface area contributed by atoms with Gasteiger partial charge < -0.3 is 9.55 Å². The standard InChI is InChI=1S/C14H18ClFN2S/c1-9(2)5-3-4-6-18-13-8-11(16)10(15)7-12(13)17-14(18)19/h7-9H,3-6H2,1-2H3,(H,17,19). The number of hydrogen-bond acceptors (Lipinski definition) is 1. The second-order valence-electron chi connectivity index (χ2n) is 5.25. The summed E-state index contributed by atoms with van der Waals surface area (Å²) in [6.07, 6.45) is 3.40. The maximum Gasteiger partial charge on any atom is 0.178 e. The molecular weight excluding hydrogens is 283 g/mol. The molecule has 0 saturated heterocycles. The molecule has 0 amide bonds. The molecular formula is C14H18ClFN2S. The van der Waals surface area contributed by atoms with Crippen molar-refractivity contribution in [3.05, 3.63) is 27.7 Å². The van der Waals surface area contributed by atoms with Gasteiger partial charge in [0.1, 0.15) is 5.82 Å². The van der Waals surface area contributed by atoms with E-state index in [0.717, 1.165) is 30.4 Å². The van der Waals surface area contributed by atoms with Gasteiger partial charge in [0, 0.05) is 12.6 Å². The molecule has 1 heterocycles. The fourth-order valence-corrected chi connectivity index (χ4v) is 2.66. The fourth-order valence-electron chi connectivity index (χ4n) is 2.20. The highest BCUT2D eigenvalue weighted by molar-refractivity contribution is 7.71. The number of nitrogens with zero attached hydrogens (tertiary/aromatic N) is 1. The molecule has 0 saturated carbocycles. The summed E-state index contributed by atoms with van der Waals surface area (Å²) in [5.41, 5.74) is 1.58. The lowest BCUT2D eigenvalue weighted by atomic mass is 10.1. The molecule has 104 valence electrons. The number of aromatic amines is 1. The van der Waals surface area contributed by atoms with E-state index in [9.17, 15) is 4.39 Å². The quantitative estimate of drug-likeness (QED) is 0.585. The van der Waals surface area contributed by atoms with Crippen LogP contribution in [0, 0.1) is 16.5 Å². The zero-order valence-electron chi connectivity index (χ0n) is 11.2. The van der Waals surface area contributed by atoms with Gasteiger partial charge in [0.05, 0.1) is 16.1 Å². The molecule has 0 atom stereocenters. The Kier molecular flexibility index (Phi) is 4.63. The van der Waals surface area contributed by atoms with Crippen molar-refractivity contribution < 1.29 is 4.39 Å². The third-order valence-corrected chi connectivity index (χ3v) is 3.84. The Bertz CT molecular complexity index is 630. The smallest absolute Gasteiger partial charge is 0.178 e. The Morgan fingerprint density at radius 2 is 2.11 bits per heavy atom. The van der Waals surface area contributed by atoms with Crippen LogP contribution in [0.5, 0.6) is 0 Å². The number of hydrogen-bond donors (Lipinski definition) is 1. The average molecular weight is 301 g/mol. The minimum atomic E-state index is -0.404. The van der Waals surface area contributed by atoms with E-state index in [1.165, 1.54) is 12.5 Å². The van der Waals surface area contributed by atoms with Crippen molar-refractivity contribution >= 4 is 34.9 Å². The molecule has 0 aliphatic carbocycles. The van der Waals surface area contributed by atoms with Gasteiger partial charge in [-0.05, 0) is 30.6 Å². The van der Waals surface area contributed by atoms with Gasteiger partial charge in [-0.2, -0.15) is 0 Å². The van der Waals surface area contributed by atoms with E-state index >= 15 is 0 Å². The van der Waals surface area contributed by atoms with Crippen LogP contribution in [0.4, 0.5) is 4.39 Å². The molecule has 1 N–H and O–H groups in total. The normalized spacial score (nSPS) is 11.6. The highest BCUT2D eigenvalue weighted by atomic mass is 35.5. The lowest BCUT2D eigenvalue weighted by molar-refractivity contribution is 0.511. The Morgan fingerprint density at radius 3 is 2.79 bits per heavy atom. The number of halogens is 2. The fraction of sp³-hybridized carbons (Fsp3) is 0.500. The van der Waals surface area contributed by atoms with Crippen LogP contribution in [0.1, 0.15) is 33.1 Å². The minimum Gasteiger partial charge on any atom is -0.331 e. The first-order chi connectivity index (χ1) is 8.99. The van der Waals surface area contributed by atoms with Crippen molar-refractivity contribution in [3.8, 4) is 0 Å². The van der Waals surface area contributed by atoms with Crippen LogP contribution in [-0.4, -0.2) is 9.55 Å². The van der Waals surface area contributed by atoms with Crippen molar-refractivity contribution in [2.24, 2.45) is 5.92 Å². The number of rotatable bonds is 5. The van der Waals surface area contributed by atoms with Crippen LogP contribution in [0.15, 0.2) is 12.1 Å². The van der Waals surface area contributed by atoms with E-state index in [1.54, 1.807) is 6.07 Å². The Hall–Kier alpha value is -0.870. The Morgan fingerprint density at radius 1 is 1.37 bits per heavy atom. The molecule has 2 rings (SSSR count). The van der Waals surface area contributed by atoms with Crippen molar-refractivity contribution in [1.29, 1.82) is 0 Å². The number of H-pyrrole nitrogens is 1. The van der Waals surface area contributed by atoms with E-state index in [4.69, 9.17) is 23.8 Å². The van der Waals surface area contributed by atoms with Gasteiger partial charge in [-0.15, -0.1) is 0 Å². The summed E-state index contributed by atoms with van der Waals surface area (Å²) in [7, 11) is 0. The summed E-state index contributed by atoms with van der Waals surface area (Å²) >= 11 is 11.1. The van der Waals surface area contributed by atoms with Crippen LogP contribution in [0.3, 0.4) is 0 Å². The third kappa shape index (κ3) is 3.37. The van der Waals surface area contributed by atoms with Crippen molar-refractivity contribution in [2.45, 2.75) is 39.7 Å². The minimum absolute atomic E-state index is 0.121. The van der Waals surface area contributed by atoms with Crippen LogP contribution < -0.4 is 0 Å². The summed E-state index contributed by atoms with van der Waals surface area (Å²) in [5, 5.41) is 0.121. The number of fused-ring (bicyclic) bond motifs is 1. The molecule has 19 heavy (non-hydrogen) atoms. The first-order valence-corrected chi connectivity index (χ1v) is 7.35. The highest BCUT2D eigenvalue weighted by Crippen LogP contribution is 2.23. The van der Waals surface area contributed by atoms with Gasteiger partial charge in [0.2, 0.25) is 0 Å². The monoisotopic (exact) mass is 300 g/mol. The predicted octanol–water partition coefficient (Wildman–Crippen LogP) is 5.32. The number of aryl methyl sites for hydroxylation is 1. The summed E-state index contributed by atoms with van der Waals surface area (Å²) in [5.74, 6) is 0.311. The maximum absolute atomic E-state index is 13.5. The molecule has 1 aromatic carbocycles. The molecule has 0 aliphatic heterocycles. The van der Waals surface area contributed by atoms with Gasteiger partial charge >= 0.3 is 0 Å². The molecule has 5 heteroatoms. The van der Waals surface area contributed by atoms with Gasteiger partial charge in [-0.1, -0.05) is 38.3 Å². The largest absolute Gasteiger partial charge is 0.331 e. The second-order valence-corrected chi connectivity index (χ2v) is 6.05. The van der Waals surface area contributed by atoms with Gasteiger partial charge in [0.15, 0.2) is 4.77 Å². The van der Waals surface area contributed by atoms with E-state index in [2.05, 4.69) is 18.8 Å². The zero-order chi connectivity index (χ0) is 14.0. The van der Waals surface area contributed by atoms with Gasteiger partial charge in [-0.25, -0.2) is 4.39 Å². The lowest BCUT2D eigenvalue weighted by Crippen LogP contribution is -1.99. The van der Waals surface area contributed by atoms with Crippen LogP contribution in [0.2, 0.25) is 5.02 Å². The van der Waals surface area contributed by atoms with Gasteiger partial charge in [0.25, 0.3) is 0 Å². The molecule has 0 fully saturated rings. The lowest BCUT2D eigenvalue weighted by Gasteiger charge is -2.06. The second kappa shape index (κ2) is 6.06. The Labute approximate surface area is 122 Å². The van der Waals surface area contributed by atoms with Crippen LogP contribution in [-0.2, 0) is 6.54 Å². The van der Waals surface area contributed by atoms with Crippen molar-refractivity contribution in [2.75, 3.05) is 0 Å². The SMILES string of the molecule is CC(C)CCCCn1c(=S)[nH]c2cc(Cl)c(F)cc21. The summed E-state index contributed by atoms with van der Waals surface area (Å²) in [6.45, 7) is 5.25. The number of nitrogens with one attached hydrogen (secondary N) is 1. The van der Waals surface area contributed by atoms with Gasteiger partial charge in [-0.3, -0.25) is 0 Å². The van der Waals surface area contributed by atoms with Crippen LogP contribution >= 0.6 is 23.8 Å². The number of imidazole rings is 1. The third-order valence-electron chi connectivity index (χ3n) is 3.23. The predicted molar refractivity (Wildman–Crippen MR) is 80.8 cm³/mol. The average Bonchev–Trinajstić information content (AvgIpc) is 2.61. The number of aromatic nitrogens is 2. The molecule has 0 radical (unpaired) electrons. The topological polar surface area (TPSA) is 20.7 Å². The number of unbranched alkanes of at least 4 members (excludes halogenated alkanes) is 1. The van der Waals surface area contributed by atoms with E-state index < -0.39 is 5.82 Å². The molecule has 0 bridgehead atoms. The number of benzene rings is 1. The molecule has 2 nitrogen and oxygen atoms in total. The maximum atomic E-state index is 13.5. The summed E-state index contributed by atoms with van der Waals surface area (Å²) in [4.78, 5) is 3.07.